The highest BCUT2D eigenvalue weighted by atomic mass is 16.2. The molecule has 138 valence electrons. The Morgan fingerprint density at radius 1 is 1.12 bits per heavy atom. The van der Waals surface area contributed by atoms with E-state index in [0.717, 1.165) is 62.4 Å². The van der Waals surface area contributed by atoms with Gasteiger partial charge in [-0.1, -0.05) is 30.3 Å². The van der Waals surface area contributed by atoms with Crippen molar-refractivity contribution in [2.75, 3.05) is 6.54 Å². The summed E-state index contributed by atoms with van der Waals surface area (Å²) in [5.74, 6) is 2.17. The third-order valence-electron chi connectivity index (χ3n) is 5.63. The zero-order valence-corrected chi connectivity index (χ0v) is 15.2. The second-order valence-corrected chi connectivity index (χ2v) is 7.40. The highest BCUT2D eigenvalue weighted by Gasteiger charge is 2.33. The molecule has 1 saturated heterocycles. The van der Waals surface area contributed by atoms with Crippen LogP contribution in [0.4, 0.5) is 0 Å². The molecule has 1 amide bonds. The molecule has 2 aliphatic rings. The minimum atomic E-state index is -0.265. The summed E-state index contributed by atoms with van der Waals surface area (Å²) in [5, 5.41) is 8.86. The maximum Gasteiger partial charge on any atom is 0.225 e. The number of aryl methyl sites for hydroxylation is 1. The van der Waals surface area contributed by atoms with E-state index in [1.54, 1.807) is 0 Å². The van der Waals surface area contributed by atoms with Crippen molar-refractivity contribution in [1.29, 1.82) is 0 Å². The van der Waals surface area contributed by atoms with Gasteiger partial charge in [0, 0.05) is 32.0 Å². The van der Waals surface area contributed by atoms with Gasteiger partial charge in [-0.15, -0.1) is 10.2 Å². The van der Waals surface area contributed by atoms with Gasteiger partial charge in [0.05, 0.1) is 6.04 Å². The first-order chi connectivity index (χ1) is 12.7. The van der Waals surface area contributed by atoms with E-state index in [4.69, 9.17) is 5.73 Å². The van der Waals surface area contributed by atoms with Crippen LogP contribution in [0, 0.1) is 0 Å². The zero-order chi connectivity index (χ0) is 17.9. The lowest BCUT2D eigenvalue weighted by atomic mass is 9.98. The van der Waals surface area contributed by atoms with Gasteiger partial charge in [0.2, 0.25) is 5.91 Å². The Morgan fingerprint density at radius 2 is 1.92 bits per heavy atom. The molecular weight excluding hydrogens is 326 g/mol. The summed E-state index contributed by atoms with van der Waals surface area (Å²) in [4.78, 5) is 15.0. The molecule has 3 heterocycles. The zero-order valence-electron chi connectivity index (χ0n) is 15.2. The van der Waals surface area contributed by atoms with Crippen LogP contribution in [-0.4, -0.2) is 32.1 Å². The molecule has 1 fully saturated rings. The second-order valence-electron chi connectivity index (χ2n) is 7.40. The minimum absolute atomic E-state index is 0.0403. The van der Waals surface area contributed by atoms with Crippen molar-refractivity contribution in [2.24, 2.45) is 5.73 Å². The average Bonchev–Trinajstić information content (AvgIpc) is 3.12. The number of nitrogens with two attached hydrogens (primary N) is 1. The second kappa shape index (κ2) is 7.58. The summed E-state index contributed by atoms with van der Waals surface area (Å²) in [5.41, 5.74) is 7.31. The SMILES string of the molecule is NC(CC(=O)N1CCCCC1c1nnc2n1CCCC2)c1ccccc1. The monoisotopic (exact) mass is 353 g/mol. The van der Waals surface area contributed by atoms with Crippen LogP contribution in [0.2, 0.25) is 0 Å². The Morgan fingerprint density at radius 3 is 2.77 bits per heavy atom. The molecular formula is C20H27N5O. The van der Waals surface area contributed by atoms with Crippen molar-refractivity contribution in [1.82, 2.24) is 19.7 Å². The first-order valence-corrected chi connectivity index (χ1v) is 9.76. The average molecular weight is 353 g/mol. The number of aromatic nitrogens is 3. The van der Waals surface area contributed by atoms with E-state index in [9.17, 15) is 4.79 Å². The third kappa shape index (κ3) is 3.38. The first kappa shape index (κ1) is 17.2. The lowest BCUT2D eigenvalue weighted by Crippen LogP contribution is -2.41. The Bertz CT molecular complexity index is 757. The van der Waals surface area contributed by atoms with E-state index >= 15 is 0 Å². The minimum Gasteiger partial charge on any atom is -0.332 e. The predicted molar refractivity (Wildman–Crippen MR) is 99.3 cm³/mol. The number of hydrogen-bond acceptors (Lipinski definition) is 4. The van der Waals surface area contributed by atoms with E-state index in [-0.39, 0.29) is 18.0 Å². The molecule has 6 nitrogen and oxygen atoms in total. The van der Waals surface area contributed by atoms with E-state index < -0.39 is 0 Å². The Hall–Kier alpha value is -2.21. The fourth-order valence-electron chi connectivity index (χ4n) is 4.20. The maximum absolute atomic E-state index is 13.0. The molecule has 1 aromatic carbocycles. The summed E-state index contributed by atoms with van der Waals surface area (Å²) < 4.78 is 2.25. The van der Waals surface area contributed by atoms with Crippen molar-refractivity contribution in [3.05, 3.63) is 47.5 Å². The van der Waals surface area contributed by atoms with Gasteiger partial charge in [-0.3, -0.25) is 4.79 Å². The van der Waals surface area contributed by atoms with Crippen molar-refractivity contribution in [3.63, 3.8) is 0 Å². The highest BCUT2D eigenvalue weighted by molar-refractivity contribution is 5.77. The largest absolute Gasteiger partial charge is 0.332 e. The van der Waals surface area contributed by atoms with Crippen LogP contribution in [0.25, 0.3) is 0 Å². The molecule has 2 unspecified atom stereocenters. The van der Waals surface area contributed by atoms with E-state index in [2.05, 4.69) is 14.8 Å². The van der Waals surface area contributed by atoms with Crippen LogP contribution >= 0.6 is 0 Å². The number of amides is 1. The molecule has 0 spiro atoms. The van der Waals surface area contributed by atoms with Crippen molar-refractivity contribution < 1.29 is 4.79 Å². The first-order valence-electron chi connectivity index (χ1n) is 9.76. The number of rotatable bonds is 4. The normalized spacial score (nSPS) is 21.3. The van der Waals surface area contributed by atoms with Crippen LogP contribution in [-0.2, 0) is 17.8 Å². The quantitative estimate of drug-likeness (QED) is 0.917. The molecule has 2 atom stereocenters. The van der Waals surface area contributed by atoms with Gasteiger partial charge in [-0.05, 0) is 37.7 Å². The van der Waals surface area contributed by atoms with E-state index in [1.165, 1.54) is 6.42 Å². The van der Waals surface area contributed by atoms with Gasteiger partial charge >= 0.3 is 0 Å². The molecule has 0 aliphatic carbocycles. The number of fused-ring (bicyclic) bond motifs is 1. The molecule has 4 rings (SSSR count). The molecule has 0 bridgehead atoms. The molecule has 2 N–H and O–H groups in total. The number of hydrogen-bond donors (Lipinski definition) is 1. The van der Waals surface area contributed by atoms with Gasteiger partial charge in [-0.25, -0.2) is 0 Å². The van der Waals surface area contributed by atoms with Gasteiger partial charge in [0.25, 0.3) is 0 Å². The molecule has 2 aromatic rings. The van der Waals surface area contributed by atoms with E-state index in [0.29, 0.717) is 6.42 Å². The number of likely N-dealkylation sites (tertiary alicyclic amines) is 1. The predicted octanol–water partition coefficient (Wildman–Crippen LogP) is 2.76. The Balaban J connectivity index is 1.52. The van der Waals surface area contributed by atoms with Crippen LogP contribution in [0.15, 0.2) is 30.3 Å². The summed E-state index contributed by atoms with van der Waals surface area (Å²) >= 11 is 0. The van der Waals surface area contributed by atoms with E-state index in [1.807, 2.05) is 35.2 Å². The van der Waals surface area contributed by atoms with Gasteiger partial charge in [-0.2, -0.15) is 0 Å². The van der Waals surface area contributed by atoms with Crippen LogP contribution < -0.4 is 5.73 Å². The highest BCUT2D eigenvalue weighted by Crippen LogP contribution is 2.32. The van der Waals surface area contributed by atoms with Crippen molar-refractivity contribution in [3.8, 4) is 0 Å². The summed E-state index contributed by atoms with van der Waals surface area (Å²) in [6, 6.07) is 9.64. The molecule has 26 heavy (non-hydrogen) atoms. The summed E-state index contributed by atoms with van der Waals surface area (Å²) in [6.45, 7) is 1.76. The van der Waals surface area contributed by atoms with Crippen LogP contribution in [0.3, 0.4) is 0 Å². The smallest absolute Gasteiger partial charge is 0.225 e. The number of nitrogens with zero attached hydrogens (tertiary/aromatic N) is 4. The molecule has 6 heteroatoms. The van der Waals surface area contributed by atoms with Crippen molar-refractivity contribution >= 4 is 5.91 Å². The summed E-state index contributed by atoms with van der Waals surface area (Å²) in [6.07, 6.45) is 6.80. The fraction of sp³-hybridized carbons (Fsp3) is 0.550. The lowest BCUT2D eigenvalue weighted by Gasteiger charge is -2.36. The van der Waals surface area contributed by atoms with Gasteiger partial charge in [0.15, 0.2) is 5.82 Å². The van der Waals surface area contributed by atoms with Crippen LogP contribution in [0.5, 0.6) is 0 Å². The lowest BCUT2D eigenvalue weighted by molar-refractivity contribution is -0.135. The Kier molecular flexibility index (Phi) is 5.02. The Labute approximate surface area is 154 Å². The maximum atomic E-state index is 13.0. The van der Waals surface area contributed by atoms with Gasteiger partial charge < -0.3 is 15.2 Å². The number of carbonyl (C=O) groups excluding carboxylic acids is 1. The molecule has 0 saturated carbocycles. The third-order valence-corrected chi connectivity index (χ3v) is 5.63. The topological polar surface area (TPSA) is 77.0 Å². The number of carbonyl (C=O) groups is 1. The molecule has 0 radical (unpaired) electrons. The summed E-state index contributed by atoms with van der Waals surface area (Å²) in [7, 11) is 0. The standard InChI is InChI=1S/C20H27N5O/c21-16(15-8-2-1-3-9-15)14-19(26)24-12-6-4-10-17(24)20-23-22-18-11-5-7-13-25(18)20/h1-3,8-9,16-17H,4-7,10-14,21H2. The number of benzene rings is 1. The van der Waals surface area contributed by atoms with Crippen LogP contribution in [0.1, 0.15) is 67.8 Å². The molecule has 1 aromatic heterocycles. The van der Waals surface area contributed by atoms with Gasteiger partial charge in [0.1, 0.15) is 5.82 Å². The van der Waals surface area contributed by atoms with Crippen molar-refractivity contribution in [2.45, 2.75) is 63.6 Å². The molecule has 2 aliphatic heterocycles. The number of piperidine rings is 1. The fourth-order valence-corrected chi connectivity index (χ4v) is 4.20.